The maximum atomic E-state index is 13.1. The highest BCUT2D eigenvalue weighted by Crippen LogP contribution is 2.16. The Balaban J connectivity index is 1.71. The zero-order valence-corrected chi connectivity index (χ0v) is 18.1. The molecule has 1 N–H and O–H groups in total. The number of nitrogens with zero attached hydrogens (tertiary/aromatic N) is 3. The number of rotatable bonds is 9. The van der Waals surface area contributed by atoms with Crippen LogP contribution in [0.1, 0.15) is 32.8 Å². The molecule has 0 aliphatic rings. The van der Waals surface area contributed by atoms with Crippen LogP contribution < -0.4 is 10.1 Å². The molecule has 0 saturated carbocycles. The van der Waals surface area contributed by atoms with Crippen molar-refractivity contribution in [2.75, 3.05) is 20.7 Å². The van der Waals surface area contributed by atoms with Gasteiger partial charge in [0.15, 0.2) is 0 Å². The van der Waals surface area contributed by atoms with Crippen LogP contribution in [0.15, 0.2) is 67.0 Å². The van der Waals surface area contributed by atoms with Crippen molar-refractivity contribution in [2.45, 2.75) is 18.9 Å². The highest BCUT2D eigenvalue weighted by molar-refractivity contribution is 5.94. The van der Waals surface area contributed by atoms with Gasteiger partial charge in [0.05, 0.1) is 7.11 Å². The molecule has 0 radical (unpaired) electrons. The molecule has 162 valence electrons. The van der Waals surface area contributed by atoms with E-state index in [9.17, 15) is 9.59 Å². The van der Waals surface area contributed by atoms with Crippen LogP contribution in [-0.4, -0.2) is 53.0 Å². The zero-order valence-electron chi connectivity index (χ0n) is 18.1. The van der Waals surface area contributed by atoms with Gasteiger partial charge in [0.1, 0.15) is 5.69 Å². The molecule has 3 rings (SSSR count). The predicted molar refractivity (Wildman–Crippen MR) is 119 cm³/mol. The third-order valence-electron chi connectivity index (χ3n) is 5.31. The number of pyridine rings is 1. The molecule has 0 fully saturated rings. The molecule has 2 aromatic heterocycles. The Bertz CT molecular complexity index is 1020. The number of hydrogen-bond donors (Lipinski definition) is 1. The Kier molecular flexibility index (Phi) is 7.43. The minimum atomic E-state index is -0.126. The predicted octanol–water partition coefficient (Wildman–Crippen LogP) is 2.93. The molecule has 2 heterocycles. The molecule has 1 aromatic carbocycles. The standard InChI is InChI=1S/C24H28N4O3/c1-27-15-7-10-21(27)23(29)26-14-12-20(16-18-8-5-4-6-9-18)28(2)24(30)19-11-13-25-22(17-19)31-3/h4-11,13,15,17,20H,12,14,16H2,1-3H3,(H,26,29). The summed E-state index contributed by atoms with van der Waals surface area (Å²) < 4.78 is 6.93. The Morgan fingerprint density at radius 1 is 1.16 bits per heavy atom. The lowest BCUT2D eigenvalue weighted by molar-refractivity contribution is 0.0722. The molecule has 7 heteroatoms. The van der Waals surface area contributed by atoms with Gasteiger partial charge in [0.2, 0.25) is 5.88 Å². The van der Waals surface area contributed by atoms with Crippen molar-refractivity contribution in [2.24, 2.45) is 7.05 Å². The summed E-state index contributed by atoms with van der Waals surface area (Å²) in [6.45, 7) is 0.457. The van der Waals surface area contributed by atoms with Crippen molar-refractivity contribution in [1.82, 2.24) is 19.8 Å². The fourth-order valence-electron chi connectivity index (χ4n) is 3.48. The van der Waals surface area contributed by atoms with Gasteiger partial charge in [-0.1, -0.05) is 30.3 Å². The number of carbonyl (C=O) groups is 2. The summed E-state index contributed by atoms with van der Waals surface area (Å²) in [4.78, 5) is 31.4. The van der Waals surface area contributed by atoms with Gasteiger partial charge in [-0.2, -0.15) is 0 Å². The molecule has 1 atom stereocenters. The fourth-order valence-corrected chi connectivity index (χ4v) is 3.48. The minimum Gasteiger partial charge on any atom is -0.481 e. The quantitative estimate of drug-likeness (QED) is 0.578. The van der Waals surface area contributed by atoms with E-state index in [0.29, 0.717) is 36.5 Å². The van der Waals surface area contributed by atoms with Gasteiger partial charge in [-0.3, -0.25) is 9.59 Å². The maximum absolute atomic E-state index is 13.1. The Labute approximate surface area is 182 Å². The normalized spacial score (nSPS) is 11.6. The van der Waals surface area contributed by atoms with Gasteiger partial charge in [0.25, 0.3) is 11.8 Å². The van der Waals surface area contributed by atoms with Gasteiger partial charge >= 0.3 is 0 Å². The third kappa shape index (κ3) is 5.72. The highest BCUT2D eigenvalue weighted by atomic mass is 16.5. The molecule has 0 aliphatic heterocycles. The molecule has 0 spiro atoms. The van der Waals surface area contributed by atoms with E-state index >= 15 is 0 Å². The van der Waals surface area contributed by atoms with E-state index in [-0.39, 0.29) is 17.9 Å². The van der Waals surface area contributed by atoms with Crippen molar-refractivity contribution in [3.8, 4) is 5.88 Å². The lowest BCUT2D eigenvalue weighted by Gasteiger charge is -2.29. The number of methoxy groups -OCH3 is 1. The lowest BCUT2D eigenvalue weighted by Crippen LogP contribution is -2.41. The molecule has 0 saturated heterocycles. The average molecular weight is 421 g/mol. The van der Waals surface area contributed by atoms with E-state index in [4.69, 9.17) is 4.74 Å². The van der Waals surface area contributed by atoms with Gasteiger partial charge in [-0.15, -0.1) is 0 Å². The number of aromatic nitrogens is 2. The first-order valence-electron chi connectivity index (χ1n) is 10.2. The van der Waals surface area contributed by atoms with Gasteiger partial charge in [-0.05, 0) is 36.6 Å². The largest absolute Gasteiger partial charge is 0.481 e. The molecular weight excluding hydrogens is 392 g/mol. The number of carbonyl (C=O) groups excluding carboxylic acids is 2. The number of amides is 2. The molecule has 0 bridgehead atoms. The van der Waals surface area contributed by atoms with E-state index < -0.39 is 0 Å². The molecular formula is C24H28N4O3. The first-order chi connectivity index (χ1) is 15.0. The van der Waals surface area contributed by atoms with Crippen LogP contribution in [0.3, 0.4) is 0 Å². The molecule has 3 aromatic rings. The van der Waals surface area contributed by atoms with E-state index in [2.05, 4.69) is 10.3 Å². The second-order valence-electron chi connectivity index (χ2n) is 7.40. The van der Waals surface area contributed by atoms with Crippen LogP contribution in [0.2, 0.25) is 0 Å². The molecule has 7 nitrogen and oxygen atoms in total. The Hall–Kier alpha value is -3.61. The number of benzene rings is 1. The van der Waals surface area contributed by atoms with Gasteiger partial charge < -0.3 is 19.5 Å². The average Bonchev–Trinajstić information content (AvgIpc) is 3.24. The highest BCUT2D eigenvalue weighted by Gasteiger charge is 2.22. The number of nitrogens with one attached hydrogen (secondary N) is 1. The van der Waals surface area contributed by atoms with Gasteiger partial charge in [-0.25, -0.2) is 4.98 Å². The summed E-state index contributed by atoms with van der Waals surface area (Å²) >= 11 is 0. The Morgan fingerprint density at radius 2 is 1.94 bits per heavy atom. The number of hydrogen-bond acceptors (Lipinski definition) is 4. The summed E-state index contributed by atoms with van der Waals surface area (Å²) in [7, 11) is 5.15. The molecule has 0 aliphatic carbocycles. The van der Waals surface area contributed by atoms with Crippen molar-refractivity contribution in [1.29, 1.82) is 0 Å². The molecule has 1 unspecified atom stereocenters. The lowest BCUT2D eigenvalue weighted by atomic mass is 10.0. The topological polar surface area (TPSA) is 76.5 Å². The summed E-state index contributed by atoms with van der Waals surface area (Å²) in [5.41, 5.74) is 2.25. The summed E-state index contributed by atoms with van der Waals surface area (Å²) in [5.74, 6) is 0.155. The van der Waals surface area contributed by atoms with Crippen molar-refractivity contribution in [3.63, 3.8) is 0 Å². The Morgan fingerprint density at radius 3 is 2.61 bits per heavy atom. The minimum absolute atomic E-state index is 0.0947. The van der Waals surface area contributed by atoms with Crippen LogP contribution in [0.4, 0.5) is 0 Å². The van der Waals surface area contributed by atoms with Crippen LogP contribution in [0.25, 0.3) is 0 Å². The third-order valence-corrected chi connectivity index (χ3v) is 5.31. The monoisotopic (exact) mass is 420 g/mol. The van der Waals surface area contributed by atoms with Crippen molar-refractivity contribution >= 4 is 11.8 Å². The SMILES string of the molecule is COc1cc(C(=O)N(C)C(CCNC(=O)c2cccn2C)Cc2ccccc2)ccn1. The second kappa shape index (κ2) is 10.4. The number of ether oxygens (including phenoxy) is 1. The zero-order chi connectivity index (χ0) is 22.2. The van der Waals surface area contributed by atoms with E-state index in [0.717, 1.165) is 5.56 Å². The van der Waals surface area contributed by atoms with E-state index in [1.54, 1.807) is 40.9 Å². The maximum Gasteiger partial charge on any atom is 0.267 e. The number of likely N-dealkylation sites (N-methyl/N-ethyl adjacent to an activating group) is 1. The van der Waals surface area contributed by atoms with Crippen molar-refractivity contribution in [3.05, 3.63) is 83.8 Å². The van der Waals surface area contributed by atoms with E-state index in [1.807, 2.05) is 49.6 Å². The summed E-state index contributed by atoms with van der Waals surface area (Å²) in [6.07, 6.45) is 4.70. The van der Waals surface area contributed by atoms with Crippen LogP contribution >= 0.6 is 0 Å². The van der Waals surface area contributed by atoms with Crippen LogP contribution in [0.5, 0.6) is 5.88 Å². The first-order valence-corrected chi connectivity index (χ1v) is 10.2. The summed E-state index contributed by atoms with van der Waals surface area (Å²) in [6, 6.07) is 16.9. The molecule has 31 heavy (non-hydrogen) atoms. The second-order valence-corrected chi connectivity index (χ2v) is 7.40. The summed E-state index contributed by atoms with van der Waals surface area (Å²) in [5, 5.41) is 2.97. The van der Waals surface area contributed by atoms with Crippen molar-refractivity contribution < 1.29 is 14.3 Å². The fraction of sp³-hybridized carbons (Fsp3) is 0.292. The van der Waals surface area contributed by atoms with Crippen LogP contribution in [-0.2, 0) is 13.5 Å². The smallest absolute Gasteiger partial charge is 0.267 e. The van der Waals surface area contributed by atoms with E-state index in [1.165, 1.54) is 7.11 Å². The van der Waals surface area contributed by atoms with Crippen LogP contribution in [0, 0.1) is 0 Å². The number of aryl methyl sites for hydroxylation is 1. The molecule has 2 amide bonds. The van der Waals surface area contributed by atoms with Gasteiger partial charge in [0, 0.05) is 50.7 Å². The first kappa shape index (κ1) is 22.1.